The maximum Gasteiger partial charge on any atom is 0.252 e. The van der Waals surface area contributed by atoms with Crippen molar-refractivity contribution in [3.63, 3.8) is 0 Å². The molecule has 17 aromatic rings. The minimum Gasteiger partial charge on any atom is -0.454 e. The van der Waals surface area contributed by atoms with Crippen LogP contribution >= 0.6 is 23.5 Å². The van der Waals surface area contributed by atoms with Crippen LogP contribution in [0.5, 0.6) is 0 Å². The number of hydrogen-bond donors (Lipinski definition) is 0. The number of anilines is 12. The lowest BCUT2D eigenvalue weighted by molar-refractivity contribution is 0.669. The van der Waals surface area contributed by atoms with Gasteiger partial charge in [-0.3, -0.25) is 0 Å². The predicted molar refractivity (Wildman–Crippen MR) is 405 cm³/mol. The van der Waals surface area contributed by atoms with Gasteiger partial charge in [-0.1, -0.05) is 187 Å². The Kier molecular flexibility index (Phi) is 11.8. The number of hydrogen-bond acceptors (Lipinski definition) is 8. The van der Waals surface area contributed by atoms with Gasteiger partial charge in [0.1, 0.15) is 11.2 Å². The maximum absolute atomic E-state index is 7.51. The highest BCUT2D eigenvalue weighted by Crippen LogP contribution is 2.54. The number of nitrogens with zero attached hydrogens (tertiary/aromatic N) is 4. The first-order valence-electron chi connectivity index (χ1n) is 32.8. The van der Waals surface area contributed by atoms with Crippen molar-refractivity contribution in [2.45, 2.75) is 19.6 Å². The molecule has 0 fully saturated rings. The van der Waals surface area contributed by atoms with Gasteiger partial charge in [0.2, 0.25) is 0 Å². The minimum atomic E-state index is -0.218. The van der Waals surface area contributed by atoms with E-state index < -0.39 is 0 Å². The summed E-state index contributed by atoms with van der Waals surface area (Å²) in [5, 5.41) is 8.88. The van der Waals surface area contributed by atoms with Gasteiger partial charge in [-0.15, -0.1) is 0 Å². The standard InChI is InChI=1S/C86H52B2N4O2S2/c1-7-23-57(24-8-1)89-75-52-76-72(51-71(75)87-69-35-19-21-37-73(69)91(59-27-11-3-12-28-59)83-81(87)77(89)49-67-65-45-55-43-63(95-61-31-15-5-16-32-61)41-39-53(55)47-79(65)93-85(67)83)88-70-36-20-22-38-74(70)92(60-29-13-4-14-30-60)84-82(88)78(90(76)58-25-9-2-10-26-58)50-68-66-46-56-44-64(96-62-33-17-6-18-34-62)42-40-54(56)48-80(66)94-86(68)84/h1-52H. The topological polar surface area (TPSA) is 39.2 Å². The molecule has 0 atom stereocenters. The first-order valence-corrected chi connectivity index (χ1v) is 34.4. The van der Waals surface area contributed by atoms with Crippen LogP contribution in [0.1, 0.15) is 0 Å². The average molecular weight is 1260 g/mol. The summed E-state index contributed by atoms with van der Waals surface area (Å²) in [4.78, 5) is 14.9. The summed E-state index contributed by atoms with van der Waals surface area (Å²) < 4.78 is 15.0. The van der Waals surface area contributed by atoms with Crippen LogP contribution in [-0.2, 0) is 0 Å². The Bertz CT molecular complexity index is 5710. The summed E-state index contributed by atoms with van der Waals surface area (Å²) in [7, 11) is 0. The van der Waals surface area contributed by atoms with Gasteiger partial charge in [-0.2, -0.15) is 0 Å². The molecule has 446 valence electrons. The van der Waals surface area contributed by atoms with Crippen molar-refractivity contribution < 1.29 is 8.83 Å². The van der Waals surface area contributed by atoms with Gasteiger partial charge in [0, 0.05) is 98.0 Å². The summed E-state index contributed by atoms with van der Waals surface area (Å²) in [6.45, 7) is -0.435. The zero-order chi connectivity index (χ0) is 62.7. The second kappa shape index (κ2) is 21.0. The van der Waals surface area contributed by atoms with Crippen molar-refractivity contribution >= 4 is 203 Å². The Balaban J connectivity index is 0.861. The summed E-state index contributed by atoms with van der Waals surface area (Å²) in [5.41, 5.74) is 23.8. The monoisotopic (exact) mass is 1260 g/mol. The molecule has 6 nitrogen and oxygen atoms in total. The molecule has 0 aliphatic carbocycles. The third-order valence-electron chi connectivity index (χ3n) is 20.1. The molecule has 21 rings (SSSR count). The lowest BCUT2D eigenvalue weighted by Crippen LogP contribution is -2.65. The van der Waals surface area contributed by atoms with Gasteiger partial charge < -0.3 is 28.4 Å². The average Bonchev–Trinajstić information content (AvgIpc) is 1.06. The SMILES string of the molecule is c1ccc(Sc2ccc3cc4oc5c6c7c(cc5c4cc3c2)N(c2ccccc2)c2cc3c(cc2B7c2ccccc2N6c2ccccc2)B2c4ccccc4N(c4ccccc4)c4c2c(cc2c4oc4cc5ccc(Sc6ccccc6)cc5cc42)N3c2ccccc2)cc1. The lowest BCUT2D eigenvalue weighted by atomic mass is 9.30. The zero-order valence-electron chi connectivity index (χ0n) is 51.6. The van der Waals surface area contributed by atoms with Gasteiger partial charge in [-0.25, -0.2) is 0 Å². The highest BCUT2D eigenvalue weighted by Gasteiger charge is 2.50. The molecule has 15 aromatic carbocycles. The van der Waals surface area contributed by atoms with E-state index in [0.29, 0.717) is 0 Å². The molecule has 0 radical (unpaired) electrons. The van der Waals surface area contributed by atoms with E-state index in [1.807, 2.05) is 0 Å². The van der Waals surface area contributed by atoms with E-state index in [4.69, 9.17) is 8.83 Å². The Labute approximate surface area is 563 Å². The van der Waals surface area contributed by atoms with Crippen molar-refractivity contribution in [2.75, 3.05) is 19.6 Å². The molecule has 4 aliphatic rings. The molecular weight excluding hydrogens is 1210 g/mol. The Morgan fingerprint density at radius 2 is 0.604 bits per heavy atom. The lowest BCUT2D eigenvalue weighted by Gasteiger charge is -2.47. The van der Waals surface area contributed by atoms with Crippen LogP contribution in [0.15, 0.2) is 344 Å². The summed E-state index contributed by atoms with van der Waals surface area (Å²) in [5.74, 6) is 0. The number of furan rings is 2. The fraction of sp³-hybridized carbons (Fsp3) is 0. The number of benzene rings is 15. The second-order valence-electron chi connectivity index (χ2n) is 25.5. The Morgan fingerprint density at radius 3 is 1.01 bits per heavy atom. The van der Waals surface area contributed by atoms with Crippen LogP contribution in [0, 0.1) is 0 Å². The van der Waals surface area contributed by atoms with Crippen molar-refractivity contribution in [2.24, 2.45) is 0 Å². The summed E-state index contributed by atoms with van der Waals surface area (Å²) in [6.07, 6.45) is 0. The zero-order valence-corrected chi connectivity index (χ0v) is 53.2. The van der Waals surface area contributed by atoms with Crippen LogP contribution in [-0.4, -0.2) is 13.4 Å². The van der Waals surface area contributed by atoms with E-state index in [1.165, 1.54) is 63.1 Å². The fourth-order valence-electron chi connectivity index (χ4n) is 16.2. The van der Waals surface area contributed by atoms with E-state index in [2.05, 4.69) is 335 Å². The predicted octanol–water partition coefficient (Wildman–Crippen LogP) is 20.3. The molecule has 6 heterocycles. The van der Waals surface area contributed by atoms with Gasteiger partial charge in [0.05, 0.1) is 11.4 Å². The molecule has 0 saturated heterocycles. The van der Waals surface area contributed by atoms with Crippen LogP contribution in [0.25, 0.3) is 65.4 Å². The highest BCUT2D eigenvalue weighted by molar-refractivity contribution is 7.99. The molecular formula is C86H52B2N4O2S2. The first-order chi connectivity index (χ1) is 47.6. The highest BCUT2D eigenvalue weighted by atomic mass is 32.2. The van der Waals surface area contributed by atoms with Crippen LogP contribution < -0.4 is 52.4 Å². The Hall–Kier alpha value is -11.6. The molecule has 10 heteroatoms. The van der Waals surface area contributed by atoms with E-state index >= 15 is 0 Å². The minimum absolute atomic E-state index is 0.218. The third kappa shape index (κ3) is 8.06. The molecule has 0 unspecified atom stereocenters. The molecule has 96 heavy (non-hydrogen) atoms. The first kappa shape index (κ1) is 53.9. The summed E-state index contributed by atoms with van der Waals surface area (Å²) in [6, 6.07) is 116. The van der Waals surface area contributed by atoms with Crippen molar-refractivity contribution in [1.82, 2.24) is 0 Å². The number of fused-ring (bicyclic) bond motifs is 18. The van der Waals surface area contributed by atoms with Crippen molar-refractivity contribution in [1.29, 1.82) is 0 Å². The fourth-order valence-corrected chi connectivity index (χ4v) is 18.0. The maximum atomic E-state index is 7.51. The van der Waals surface area contributed by atoms with Gasteiger partial charge in [0.25, 0.3) is 13.4 Å². The van der Waals surface area contributed by atoms with Crippen LogP contribution in [0.4, 0.5) is 68.2 Å². The van der Waals surface area contributed by atoms with Gasteiger partial charge in [0.15, 0.2) is 11.2 Å². The molecule has 0 saturated carbocycles. The van der Waals surface area contributed by atoms with E-state index in [-0.39, 0.29) is 13.4 Å². The quantitative estimate of drug-likeness (QED) is 0.139. The number of rotatable bonds is 8. The van der Waals surface area contributed by atoms with E-state index in [9.17, 15) is 0 Å². The Morgan fingerprint density at radius 1 is 0.240 bits per heavy atom. The van der Waals surface area contributed by atoms with Gasteiger partial charge in [-0.05, 0) is 206 Å². The number of para-hydroxylation sites is 6. The molecule has 0 N–H and O–H groups in total. The smallest absolute Gasteiger partial charge is 0.252 e. The molecule has 0 bridgehead atoms. The van der Waals surface area contributed by atoms with E-state index in [1.54, 1.807) is 23.5 Å². The normalized spacial score (nSPS) is 13.4. The molecule has 0 amide bonds. The summed E-state index contributed by atoms with van der Waals surface area (Å²) >= 11 is 3.58. The molecule has 2 aromatic heterocycles. The third-order valence-corrected chi connectivity index (χ3v) is 22.1. The van der Waals surface area contributed by atoms with Crippen molar-refractivity contribution in [3.05, 3.63) is 315 Å². The van der Waals surface area contributed by atoms with Crippen LogP contribution in [0.3, 0.4) is 0 Å². The van der Waals surface area contributed by atoms with Crippen LogP contribution in [0.2, 0.25) is 0 Å². The molecule has 0 spiro atoms. The molecule has 4 aliphatic heterocycles. The largest absolute Gasteiger partial charge is 0.454 e. The van der Waals surface area contributed by atoms with Crippen molar-refractivity contribution in [3.8, 4) is 0 Å². The van der Waals surface area contributed by atoms with Gasteiger partial charge >= 0.3 is 0 Å². The van der Waals surface area contributed by atoms with E-state index in [0.717, 1.165) is 123 Å². The second-order valence-corrected chi connectivity index (χ2v) is 27.7.